The zero-order valence-corrected chi connectivity index (χ0v) is 16.3. The molecule has 0 amide bonds. The maximum absolute atomic E-state index is 5.51. The van der Waals surface area contributed by atoms with E-state index in [4.69, 9.17) is 4.74 Å². The van der Waals surface area contributed by atoms with Crippen LogP contribution in [-0.2, 0) is 0 Å². The molecule has 0 saturated heterocycles. The van der Waals surface area contributed by atoms with Crippen LogP contribution in [-0.4, -0.2) is 19.4 Å². The molecule has 3 heteroatoms. The second kappa shape index (κ2) is 9.03. The Balaban J connectivity index is 0.00000100. The number of benzene rings is 2. The normalized spacial score (nSPS) is 16.5. The maximum Gasteiger partial charge on any atom is 0.123 e. The summed E-state index contributed by atoms with van der Waals surface area (Å²) in [6.07, 6.45) is 1.21. The molecule has 1 heterocycles. The van der Waals surface area contributed by atoms with Crippen molar-refractivity contribution < 1.29 is 4.74 Å². The van der Waals surface area contributed by atoms with Crippen LogP contribution in [0.3, 0.4) is 0 Å². The van der Waals surface area contributed by atoms with E-state index in [0.29, 0.717) is 5.92 Å². The molecule has 130 valence electrons. The fourth-order valence-corrected chi connectivity index (χ4v) is 4.18. The van der Waals surface area contributed by atoms with E-state index < -0.39 is 0 Å². The molecule has 1 atom stereocenters. The molecule has 3 rings (SSSR count). The molecule has 2 aromatic rings. The standard InChI is InChI=1S/C19H23NOS.C2H6/c1-4-15-12-20(16-8-6-5-7-9-16)17-10-14(2)18(21-3)11-19(17)22-13-15;1-2/h5-11,15H,4,12-13H2,1-3H3;1-2H3. The molecule has 0 radical (unpaired) electrons. The molecule has 24 heavy (non-hydrogen) atoms. The van der Waals surface area contributed by atoms with Gasteiger partial charge in [-0.15, -0.1) is 11.8 Å². The highest BCUT2D eigenvalue weighted by molar-refractivity contribution is 7.99. The Morgan fingerprint density at radius 2 is 1.88 bits per heavy atom. The summed E-state index contributed by atoms with van der Waals surface area (Å²) in [4.78, 5) is 3.79. The number of thioether (sulfide) groups is 1. The monoisotopic (exact) mass is 343 g/mol. The van der Waals surface area contributed by atoms with E-state index in [1.165, 1.54) is 34.0 Å². The van der Waals surface area contributed by atoms with Crippen molar-refractivity contribution in [3.8, 4) is 5.75 Å². The number of nitrogens with zero attached hydrogens (tertiary/aromatic N) is 1. The number of aryl methyl sites for hydroxylation is 1. The number of fused-ring (bicyclic) bond motifs is 1. The first-order valence-corrected chi connectivity index (χ1v) is 9.85. The molecule has 1 unspecified atom stereocenters. The van der Waals surface area contributed by atoms with Gasteiger partial charge in [-0.25, -0.2) is 0 Å². The Labute approximate surface area is 151 Å². The van der Waals surface area contributed by atoms with Crippen LogP contribution < -0.4 is 9.64 Å². The van der Waals surface area contributed by atoms with Crippen molar-refractivity contribution in [2.75, 3.05) is 24.3 Å². The van der Waals surface area contributed by atoms with E-state index >= 15 is 0 Å². The van der Waals surface area contributed by atoms with Crippen LogP contribution >= 0.6 is 11.8 Å². The first-order chi connectivity index (χ1) is 11.7. The second-order valence-electron chi connectivity index (χ2n) is 5.82. The summed E-state index contributed by atoms with van der Waals surface area (Å²) >= 11 is 1.96. The van der Waals surface area contributed by atoms with E-state index in [0.717, 1.165) is 12.3 Å². The van der Waals surface area contributed by atoms with Crippen LogP contribution in [0.5, 0.6) is 5.75 Å². The van der Waals surface area contributed by atoms with Crippen molar-refractivity contribution in [1.82, 2.24) is 0 Å². The van der Waals surface area contributed by atoms with Gasteiger partial charge >= 0.3 is 0 Å². The Morgan fingerprint density at radius 1 is 1.17 bits per heavy atom. The van der Waals surface area contributed by atoms with Gasteiger partial charge in [0, 0.05) is 22.9 Å². The predicted octanol–water partition coefficient (Wildman–Crippen LogP) is 6.30. The Bertz CT molecular complexity index is 642. The summed E-state index contributed by atoms with van der Waals surface area (Å²) in [7, 11) is 1.75. The summed E-state index contributed by atoms with van der Waals surface area (Å²) in [5, 5.41) is 0. The minimum atomic E-state index is 0.698. The van der Waals surface area contributed by atoms with Crippen molar-refractivity contribution in [3.63, 3.8) is 0 Å². The van der Waals surface area contributed by atoms with Crippen LogP contribution in [0.25, 0.3) is 0 Å². The molecule has 0 spiro atoms. The van der Waals surface area contributed by atoms with Gasteiger partial charge in [-0.05, 0) is 42.7 Å². The largest absolute Gasteiger partial charge is 0.496 e. The zero-order valence-electron chi connectivity index (χ0n) is 15.5. The number of hydrogen-bond acceptors (Lipinski definition) is 3. The highest BCUT2D eigenvalue weighted by atomic mass is 32.2. The molecule has 0 saturated carbocycles. The SMILES string of the molecule is CC.CCC1CSc2cc(OC)c(C)cc2N(c2ccccc2)C1. The Kier molecular flexibility index (Phi) is 7.04. The van der Waals surface area contributed by atoms with E-state index in [2.05, 4.69) is 61.2 Å². The predicted molar refractivity (Wildman–Crippen MR) is 107 cm³/mol. The van der Waals surface area contributed by atoms with E-state index in [1.807, 2.05) is 25.6 Å². The highest BCUT2D eigenvalue weighted by Gasteiger charge is 2.23. The number of ether oxygens (including phenoxy) is 1. The van der Waals surface area contributed by atoms with E-state index in [9.17, 15) is 0 Å². The van der Waals surface area contributed by atoms with Crippen LogP contribution in [0.4, 0.5) is 11.4 Å². The van der Waals surface area contributed by atoms with Gasteiger partial charge in [0.2, 0.25) is 0 Å². The average Bonchev–Trinajstić information content (AvgIpc) is 2.82. The third kappa shape index (κ3) is 4.07. The van der Waals surface area contributed by atoms with Gasteiger partial charge in [-0.3, -0.25) is 0 Å². The molecule has 0 aliphatic carbocycles. The van der Waals surface area contributed by atoms with Crippen molar-refractivity contribution >= 4 is 23.1 Å². The van der Waals surface area contributed by atoms with Gasteiger partial charge in [0.1, 0.15) is 5.75 Å². The number of para-hydroxylation sites is 1. The minimum absolute atomic E-state index is 0.698. The Morgan fingerprint density at radius 3 is 2.50 bits per heavy atom. The molecule has 2 aromatic carbocycles. The van der Waals surface area contributed by atoms with Gasteiger partial charge in [0.15, 0.2) is 0 Å². The molecular formula is C21H29NOS. The summed E-state index contributed by atoms with van der Waals surface area (Å²) in [5.41, 5.74) is 3.78. The fraction of sp³-hybridized carbons (Fsp3) is 0.429. The lowest BCUT2D eigenvalue weighted by Gasteiger charge is -2.28. The lowest BCUT2D eigenvalue weighted by molar-refractivity contribution is 0.410. The Hall–Kier alpha value is -1.61. The zero-order chi connectivity index (χ0) is 17.5. The molecule has 0 fully saturated rings. The first-order valence-electron chi connectivity index (χ1n) is 8.87. The topological polar surface area (TPSA) is 12.5 Å². The van der Waals surface area contributed by atoms with Gasteiger partial charge in [-0.2, -0.15) is 0 Å². The second-order valence-corrected chi connectivity index (χ2v) is 6.88. The number of methoxy groups -OCH3 is 1. The molecule has 0 N–H and O–H groups in total. The van der Waals surface area contributed by atoms with Crippen molar-refractivity contribution in [3.05, 3.63) is 48.0 Å². The van der Waals surface area contributed by atoms with Crippen molar-refractivity contribution in [1.29, 1.82) is 0 Å². The first kappa shape index (κ1) is 18.7. The average molecular weight is 344 g/mol. The maximum atomic E-state index is 5.51. The van der Waals surface area contributed by atoms with Crippen LogP contribution in [0.1, 0.15) is 32.8 Å². The third-order valence-corrected chi connectivity index (χ3v) is 5.60. The molecule has 2 nitrogen and oxygen atoms in total. The fourth-order valence-electron chi connectivity index (χ4n) is 2.92. The summed E-state index contributed by atoms with van der Waals surface area (Å²) in [5.74, 6) is 2.84. The van der Waals surface area contributed by atoms with Gasteiger partial charge in [-0.1, -0.05) is 45.4 Å². The minimum Gasteiger partial charge on any atom is -0.496 e. The molecule has 0 aromatic heterocycles. The van der Waals surface area contributed by atoms with Crippen LogP contribution in [0.15, 0.2) is 47.4 Å². The number of hydrogen-bond donors (Lipinski definition) is 0. The molecular weight excluding hydrogens is 314 g/mol. The summed E-state index contributed by atoms with van der Waals surface area (Å²) < 4.78 is 5.51. The van der Waals surface area contributed by atoms with Gasteiger partial charge in [0.25, 0.3) is 0 Å². The molecule has 1 aliphatic heterocycles. The number of rotatable bonds is 3. The van der Waals surface area contributed by atoms with E-state index in [1.54, 1.807) is 7.11 Å². The van der Waals surface area contributed by atoms with Crippen molar-refractivity contribution in [2.24, 2.45) is 5.92 Å². The van der Waals surface area contributed by atoms with Gasteiger partial charge < -0.3 is 9.64 Å². The third-order valence-electron chi connectivity index (χ3n) is 4.33. The summed E-state index contributed by atoms with van der Waals surface area (Å²) in [6, 6.07) is 15.2. The smallest absolute Gasteiger partial charge is 0.123 e. The quantitative estimate of drug-likeness (QED) is 0.649. The van der Waals surface area contributed by atoms with Crippen LogP contribution in [0, 0.1) is 12.8 Å². The van der Waals surface area contributed by atoms with E-state index in [-0.39, 0.29) is 0 Å². The van der Waals surface area contributed by atoms with Crippen LogP contribution in [0.2, 0.25) is 0 Å². The molecule has 1 aliphatic rings. The lowest BCUT2D eigenvalue weighted by atomic mass is 10.1. The number of anilines is 2. The summed E-state index contributed by atoms with van der Waals surface area (Å²) in [6.45, 7) is 9.48. The highest BCUT2D eigenvalue weighted by Crippen LogP contribution is 2.42. The van der Waals surface area contributed by atoms with Crippen molar-refractivity contribution in [2.45, 2.75) is 39.0 Å². The lowest BCUT2D eigenvalue weighted by Crippen LogP contribution is -2.24. The molecule has 0 bridgehead atoms. The van der Waals surface area contributed by atoms with Gasteiger partial charge in [0.05, 0.1) is 12.8 Å².